The molecule has 0 aromatic heterocycles. The first-order valence-electron chi connectivity index (χ1n) is 9.23. The molecule has 3 rings (SSSR count). The lowest BCUT2D eigenvalue weighted by atomic mass is 10.1. The summed E-state index contributed by atoms with van der Waals surface area (Å²) in [5, 5.41) is 0. The van der Waals surface area contributed by atoms with Gasteiger partial charge in [-0.25, -0.2) is 0 Å². The number of anilines is 1. The normalized spacial score (nSPS) is 14.2. The fourth-order valence-corrected chi connectivity index (χ4v) is 3.29. The maximum Gasteiger partial charge on any atom is 0.246 e. The van der Waals surface area contributed by atoms with Crippen molar-refractivity contribution in [2.24, 2.45) is 0 Å². The first-order valence-corrected chi connectivity index (χ1v) is 9.23. The van der Waals surface area contributed by atoms with E-state index in [4.69, 9.17) is 14.2 Å². The van der Waals surface area contributed by atoms with Crippen LogP contribution in [0, 0.1) is 0 Å². The number of piperazine rings is 1. The maximum absolute atomic E-state index is 12.6. The molecule has 1 fully saturated rings. The molecule has 1 saturated heterocycles. The van der Waals surface area contributed by atoms with Crippen LogP contribution in [0.2, 0.25) is 0 Å². The van der Waals surface area contributed by atoms with Crippen molar-refractivity contribution in [2.45, 2.75) is 0 Å². The van der Waals surface area contributed by atoms with E-state index in [2.05, 4.69) is 4.90 Å². The number of ether oxygens (including phenoxy) is 3. The second-order valence-electron chi connectivity index (χ2n) is 6.43. The van der Waals surface area contributed by atoms with Crippen LogP contribution in [0.15, 0.2) is 48.5 Å². The fraction of sp³-hybridized carbons (Fsp3) is 0.318. The number of benzene rings is 2. The summed E-state index contributed by atoms with van der Waals surface area (Å²) in [6, 6.07) is 13.6. The zero-order chi connectivity index (χ0) is 19.9. The largest absolute Gasteiger partial charge is 0.497 e. The molecule has 0 atom stereocenters. The molecule has 2 aromatic carbocycles. The summed E-state index contributed by atoms with van der Waals surface area (Å²) >= 11 is 0. The zero-order valence-electron chi connectivity index (χ0n) is 16.6. The van der Waals surface area contributed by atoms with Gasteiger partial charge in [-0.1, -0.05) is 12.1 Å². The predicted octanol–water partition coefficient (Wildman–Crippen LogP) is 3.07. The average molecular weight is 382 g/mol. The van der Waals surface area contributed by atoms with E-state index in [1.165, 1.54) is 0 Å². The summed E-state index contributed by atoms with van der Waals surface area (Å²) in [6.07, 6.45) is 3.37. The molecule has 0 aliphatic carbocycles. The van der Waals surface area contributed by atoms with E-state index in [1.807, 2.05) is 47.4 Å². The summed E-state index contributed by atoms with van der Waals surface area (Å²) in [5.41, 5.74) is 1.96. The standard InChI is InChI=1S/C22H26N2O4/c1-26-19-10-8-18(9-11-19)23-13-15-24(16-14-23)21(25)12-7-17-5-4-6-20(27-2)22(17)28-3/h4-12H,13-16H2,1-3H3/b12-7+. The van der Waals surface area contributed by atoms with Crippen molar-refractivity contribution in [1.29, 1.82) is 0 Å². The summed E-state index contributed by atoms with van der Waals surface area (Å²) in [4.78, 5) is 16.7. The van der Waals surface area contributed by atoms with Crippen molar-refractivity contribution >= 4 is 17.7 Å². The quantitative estimate of drug-likeness (QED) is 0.719. The number of hydrogen-bond donors (Lipinski definition) is 0. The number of para-hydroxylation sites is 1. The highest BCUT2D eigenvalue weighted by molar-refractivity contribution is 5.92. The van der Waals surface area contributed by atoms with E-state index >= 15 is 0 Å². The Bertz CT molecular complexity index is 825. The van der Waals surface area contributed by atoms with Crippen LogP contribution in [-0.4, -0.2) is 58.3 Å². The van der Waals surface area contributed by atoms with Gasteiger partial charge in [0.1, 0.15) is 5.75 Å². The van der Waals surface area contributed by atoms with Crippen LogP contribution in [0.4, 0.5) is 5.69 Å². The minimum Gasteiger partial charge on any atom is -0.497 e. The number of carbonyl (C=O) groups is 1. The van der Waals surface area contributed by atoms with Crippen molar-refractivity contribution in [3.63, 3.8) is 0 Å². The van der Waals surface area contributed by atoms with E-state index in [0.29, 0.717) is 24.6 Å². The number of nitrogens with zero attached hydrogens (tertiary/aromatic N) is 2. The van der Waals surface area contributed by atoms with E-state index in [0.717, 1.165) is 30.1 Å². The SMILES string of the molecule is COc1ccc(N2CCN(C(=O)/C=C/c3cccc(OC)c3OC)CC2)cc1. The lowest BCUT2D eigenvalue weighted by Crippen LogP contribution is -2.48. The molecule has 1 heterocycles. The number of methoxy groups -OCH3 is 3. The van der Waals surface area contributed by atoms with Crippen LogP contribution in [0.5, 0.6) is 17.2 Å². The van der Waals surface area contributed by atoms with Gasteiger partial charge in [-0.05, 0) is 36.4 Å². The van der Waals surface area contributed by atoms with Gasteiger partial charge in [-0.2, -0.15) is 0 Å². The Morgan fingerprint density at radius 3 is 2.21 bits per heavy atom. The second-order valence-corrected chi connectivity index (χ2v) is 6.43. The van der Waals surface area contributed by atoms with Crippen LogP contribution in [0.25, 0.3) is 6.08 Å². The molecule has 0 radical (unpaired) electrons. The maximum atomic E-state index is 12.6. The van der Waals surface area contributed by atoms with Gasteiger partial charge in [0.2, 0.25) is 5.91 Å². The van der Waals surface area contributed by atoms with Gasteiger partial charge in [0.05, 0.1) is 21.3 Å². The Hall–Kier alpha value is -3.15. The van der Waals surface area contributed by atoms with Crippen molar-refractivity contribution in [2.75, 3.05) is 52.4 Å². The molecule has 1 aliphatic heterocycles. The third-order valence-electron chi connectivity index (χ3n) is 4.87. The van der Waals surface area contributed by atoms with Gasteiger partial charge < -0.3 is 24.0 Å². The summed E-state index contributed by atoms with van der Waals surface area (Å²) < 4.78 is 15.9. The monoisotopic (exact) mass is 382 g/mol. The minimum atomic E-state index is -0.000691. The number of rotatable bonds is 6. The van der Waals surface area contributed by atoms with E-state index in [9.17, 15) is 4.79 Å². The molecular weight excluding hydrogens is 356 g/mol. The summed E-state index contributed by atoms with van der Waals surface area (Å²) in [7, 11) is 4.85. The average Bonchev–Trinajstić information content (AvgIpc) is 2.77. The molecule has 1 aliphatic rings. The number of amides is 1. The van der Waals surface area contributed by atoms with Crippen molar-refractivity contribution in [3.8, 4) is 17.2 Å². The first-order chi connectivity index (χ1) is 13.7. The Morgan fingerprint density at radius 2 is 1.61 bits per heavy atom. The fourth-order valence-electron chi connectivity index (χ4n) is 3.29. The zero-order valence-corrected chi connectivity index (χ0v) is 16.6. The Balaban J connectivity index is 1.60. The van der Waals surface area contributed by atoms with Gasteiger partial charge in [-0.15, -0.1) is 0 Å². The van der Waals surface area contributed by atoms with E-state index in [1.54, 1.807) is 33.5 Å². The van der Waals surface area contributed by atoms with Crippen molar-refractivity contribution in [1.82, 2.24) is 4.90 Å². The Kier molecular flexibility index (Phi) is 6.42. The highest BCUT2D eigenvalue weighted by Crippen LogP contribution is 2.31. The second kappa shape index (κ2) is 9.17. The molecule has 0 N–H and O–H groups in total. The van der Waals surface area contributed by atoms with Crippen LogP contribution in [0.1, 0.15) is 5.56 Å². The number of carbonyl (C=O) groups excluding carboxylic acids is 1. The molecule has 6 nitrogen and oxygen atoms in total. The molecule has 0 spiro atoms. The molecule has 0 saturated carbocycles. The van der Waals surface area contributed by atoms with Gasteiger partial charge in [0.25, 0.3) is 0 Å². The highest BCUT2D eigenvalue weighted by Gasteiger charge is 2.20. The lowest BCUT2D eigenvalue weighted by molar-refractivity contribution is -0.126. The topological polar surface area (TPSA) is 51.2 Å². The van der Waals surface area contributed by atoms with Crippen molar-refractivity contribution < 1.29 is 19.0 Å². The van der Waals surface area contributed by atoms with Crippen molar-refractivity contribution in [3.05, 3.63) is 54.1 Å². The Morgan fingerprint density at radius 1 is 0.893 bits per heavy atom. The lowest BCUT2D eigenvalue weighted by Gasteiger charge is -2.35. The summed E-state index contributed by atoms with van der Waals surface area (Å²) in [6.45, 7) is 2.97. The third-order valence-corrected chi connectivity index (χ3v) is 4.87. The van der Waals surface area contributed by atoms with Gasteiger partial charge in [0, 0.05) is 43.5 Å². The molecule has 0 bridgehead atoms. The Labute approximate surface area is 165 Å². The smallest absolute Gasteiger partial charge is 0.246 e. The summed E-state index contributed by atoms with van der Waals surface area (Å²) in [5.74, 6) is 2.11. The van der Waals surface area contributed by atoms with Gasteiger partial charge >= 0.3 is 0 Å². The molecule has 0 unspecified atom stereocenters. The molecule has 28 heavy (non-hydrogen) atoms. The number of hydrogen-bond acceptors (Lipinski definition) is 5. The van der Waals surface area contributed by atoms with Crippen LogP contribution in [-0.2, 0) is 4.79 Å². The van der Waals surface area contributed by atoms with Crippen LogP contribution < -0.4 is 19.1 Å². The highest BCUT2D eigenvalue weighted by atomic mass is 16.5. The third kappa shape index (κ3) is 4.39. The molecule has 6 heteroatoms. The predicted molar refractivity (Wildman–Crippen MR) is 110 cm³/mol. The minimum absolute atomic E-state index is 0.000691. The molecule has 2 aromatic rings. The van der Waals surface area contributed by atoms with Crippen LogP contribution in [0.3, 0.4) is 0 Å². The molecular formula is C22H26N2O4. The van der Waals surface area contributed by atoms with E-state index in [-0.39, 0.29) is 5.91 Å². The van der Waals surface area contributed by atoms with E-state index < -0.39 is 0 Å². The van der Waals surface area contributed by atoms with Crippen LogP contribution >= 0.6 is 0 Å². The first kappa shape index (κ1) is 19.6. The molecule has 148 valence electrons. The van der Waals surface area contributed by atoms with Gasteiger partial charge in [-0.3, -0.25) is 4.79 Å². The van der Waals surface area contributed by atoms with Gasteiger partial charge in [0.15, 0.2) is 11.5 Å². The molecule has 1 amide bonds.